The van der Waals surface area contributed by atoms with Crippen molar-refractivity contribution in [1.82, 2.24) is 0 Å². The Bertz CT molecular complexity index is 1970. The molecule has 0 aromatic carbocycles. The van der Waals surface area contributed by atoms with Crippen LogP contribution in [0.3, 0.4) is 0 Å². The molecule has 0 aliphatic heterocycles. The molecule has 0 atom stereocenters. The maximum Gasteiger partial charge on any atom is 2.00 e. The number of esters is 2. The molecule has 0 heterocycles. The van der Waals surface area contributed by atoms with E-state index in [1.807, 2.05) is 0 Å². The van der Waals surface area contributed by atoms with Gasteiger partial charge in [0.15, 0.2) is 0 Å². The molecule has 0 aromatic heterocycles. The molecule has 0 radical (unpaired) electrons. The largest absolute Gasteiger partial charge is 2.00 e. The van der Waals surface area contributed by atoms with Crippen molar-refractivity contribution in [3.05, 3.63) is 0 Å². The van der Waals surface area contributed by atoms with E-state index in [0.717, 1.165) is 0 Å². The predicted molar refractivity (Wildman–Crippen MR) is 132 cm³/mol. The van der Waals surface area contributed by atoms with Gasteiger partial charge in [0.1, 0.15) is 0 Å². The van der Waals surface area contributed by atoms with Crippen LogP contribution in [0.25, 0.3) is 0 Å². The summed E-state index contributed by atoms with van der Waals surface area (Å²) in [6.07, 6.45) is -91.3. The first-order chi connectivity index (χ1) is 31.3. The maximum atomic E-state index is 11.7. The number of carboxylic acid groups (broad SMARTS) is 2. The van der Waals surface area contributed by atoms with Crippen LogP contribution in [0, 0.1) is 0 Å². The molecule has 0 saturated heterocycles. The SMILES string of the molecule is [2H]C([2H])(C(=O)[O-])C([2H])([2H])C([2H])([2H])C([2H])([2H])C([2H])([2H])C([2H])([2H])C([2H])([2H])C([2H])([2H])C([2H])([2H])C([2H])([2H])C(=O)OC.[2H]C([2H])(C(=O)[O-])C([2H])([2H])C([2H])([2H])C([2H])([2H])C([2H])([2H])C([2H])([2H])C([2H])([2H])C([2H])([2H])C([2H])([2H])C([2H])([2H])C(=O)OC.[Ba+2]. The standard InChI is InChI=1S/2C13H24O4.Ba/c2*1-17-13(16)11-9-7-5-3-2-4-6-8-10-12(14)15;/h2*2-11H2,1H3,(H,14,15);/q;;+2/p-2/i2*2D2,3D2,4D2,5D2,6D2,7D2,8D2,9D2,10D2,11D2;. The van der Waals surface area contributed by atoms with Gasteiger partial charge in [0.05, 0.1) is 14.2 Å². The maximum absolute atomic E-state index is 11.7. The third kappa shape index (κ3) is 38.1. The number of methoxy groups -OCH3 is 2. The average Bonchev–Trinajstić information content (AvgIpc) is 3.21. The fourth-order valence-corrected chi connectivity index (χ4v) is 0.806. The molecule has 0 aromatic rings. The molecular weight excluding hydrogens is 578 g/mol. The van der Waals surface area contributed by atoms with Crippen LogP contribution in [0.15, 0.2) is 0 Å². The van der Waals surface area contributed by atoms with Crippen molar-refractivity contribution in [2.45, 2.75) is 127 Å². The van der Waals surface area contributed by atoms with Gasteiger partial charge in [-0.05, 0) is 38.2 Å². The minimum Gasteiger partial charge on any atom is -0.550 e. The van der Waals surface area contributed by atoms with Crippen LogP contribution in [0.4, 0.5) is 0 Å². The van der Waals surface area contributed by atoms with Gasteiger partial charge in [-0.25, -0.2) is 0 Å². The van der Waals surface area contributed by atoms with Crippen molar-refractivity contribution in [3.8, 4) is 0 Å². The van der Waals surface area contributed by atoms with Gasteiger partial charge < -0.3 is 29.3 Å². The van der Waals surface area contributed by atoms with E-state index in [4.69, 9.17) is 54.8 Å². The monoisotopic (exact) mass is 664 g/mol. The quantitative estimate of drug-likeness (QED) is 0.127. The van der Waals surface area contributed by atoms with Crippen molar-refractivity contribution in [1.29, 1.82) is 0 Å². The van der Waals surface area contributed by atoms with Crippen molar-refractivity contribution in [2.24, 2.45) is 0 Å². The average molecular weight is 664 g/mol. The van der Waals surface area contributed by atoms with Crippen LogP contribution < -0.4 is 10.2 Å². The molecule has 0 bridgehead atoms. The van der Waals surface area contributed by atoms with Crippen molar-refractivity contribution >= 4 is 72.8 Å². The molecule has 35 heavy (non-hydrogen) atoms. The Hall–Kier alpha value is -0.549. The molecule has 0 spiro atoms. The zero-order chi connectivity index (χ0) is 61.7. The van der Waals surface area contributed by atoms with E-state index in [0.29, 0.717) is 14.2 Å². The molecule has 9 heteroatoms. The molecule has 0 rings (SSSR count). The van der Waals surface area contributed by atoms with Crippen LogP contribution in [-0.2, 0) is 28.7 Å². The molecule has 0 amide bonds. The molecule has 0 aliphatic carbocycles. The minimum absolute atomic E-state index is 0. The fourth-order valence-electron chi connectivity index (χ4n) is 0.806. The van der Waals surface area contributed by atoms with E-state index < -0.39 is 151 Å². The number of carbonyl (C=O) groups is 4. The van der Waals surface area contributed by atoms with Gasteiger partial charge in [-0.2, -0.15) is 0 Å². The van der Waals surface area contributed by atoms with E-state index in [1.165, 1.54) is 0 Å². The van der Waals surface area contributed by atoms with Crippen molar-refractivity contribution < 1.29 is 93.7 Å². The summed E-state index contributed by atoms with van der Waals surface area (Å²) in [6, 6.07) is 0. The Balaban J connectivity index is -0.00000136. The summed E-state index contributed by atoms with van der Waals surface area (Å²) in [5.74, 6) is -10.0. The Morgan fingerprint density at radius 2 is 0.686 bits per heavy atom. The first kappa shape index (κ1) is 7.55. The Labute approximate surface area is 308 Å². The minimum atomic E-state index is -4.79. The normalized spacial score (nSPS) is 35.0. The van der Waals surface area contributed by atoms with Crippen LogP contribution >= 0.6 is 0 Å². The Kier molecular flexibility index (Phi) is 6.79. The number of aliphatic carboxylic acids is 2. The van der Waals surface area contributed by atoms with Crippen LogP contribution in [-0.4, -0.2) is 87.0 Å². The Morgan fingerprint density at radius 3 is 0.886 bits per heavy atom. The molecule has 0 aliphatic rings. The second kappa shape index (κ2) is 31.5. The van der Waals surface area contributed by atoms with Gasteiger partial charge in [0.2, 0.25) is 0 Å². The summed E-state index contributed by atoms with van der Waals surface area (Å²) < 4.78 is 317. The molecule has 0 saturated carbocycles. The molecule has 0 fully saturated rings. The van der Waals surface area contributed by atoms with Crippen LogP contribution in [0.5, 0.6) is 0 Å². The molecule has 200 valence electrons. The molecular formula is C26H46BaO8. The zero-order valence-electron chi connectivity index (χ0n) is 58.0. The van der Waals surface area contributed by atoms with Crippen molar-refractivity contribution in [2.75, 3.05) is 14.2 Å². The first-order valence-corrected chi connectivity index (χ1v) is 7.95. The summed E-state index contributed by atoms with van der Waals surface area (Å²) in [5, 5.41) is 22.1. The number of hydrogen-bond acceptors (Lipinski definition) is 8. The van der Waals surface area contributed by atoms with Crippen molar-refractivity contribution in [3.63, 3.8) is 0 Å². The molecule has 0 unspecified atom stereocenters. The Morgan fingerprint density at radius 1 is 0.486 bits per heavy atom. The van der Waals surface area contributed by atoms with E-state index in [9.17, 15) is 29.4 Å². The smallest absolute Gasteiger partial charge is 0.550 e. The molecule has 0 N–H and O–H groups in total. The van der Waals surface area contributed by atoms with E-state index in [1.54, 1.807) is 0 Å². The molecule has 8 nitrogen and oxygen atoms in total. The van der Waals surface area contributed by atoms with Gasteiger partial charge in [-0.1, -0.05) is 76.5 Å². The van der Waals surface area contributed by atoms with E-state index in [2.05, 4.69) is 9.47 Å². The number of carbonyl (C=O) groups excluding carboxylic acids is 4. The summed E-state index contributed by atoms with van der Waals surface area (Å²) in [7, 11) is 1.10. The summed E-state index contributed by atoms with van der Waals surface area (Å²) in [5.41, 5.74) is 0. The van der Waals surface area contributed by atoms with E-state index >= 15 is 0 Å². The van der Waals surface area contributed by atoms with Gasteiger partial charge in [0.25, 0.3) is 0 Å². The topological polar surface area (TPSA) is 133 Å². The second-order valence-corrected chi connectivity index (χ2v) is 4.06. The fraction of sp³-hybridized carbons (Fsp3) is 0.846. The van der Waals surface area contributed by atoms with Crippen LogP contribution in [0.2, 0.25) is 0 Å². The number of hydrogen-bond donors (Lipinski definition) is 0. The number of carboxylic acids is 2. The summed E-state index contributed by atoms with van der Waals surface area (Å²) in [4.78, 5) is 45.5. The van der Waals surface area contributed by atoms with Crippen LogP contribution in [0.1, 0.15) is 182 Å². The number of ether oxygens (including phenoxy) is 2. The van der Waals surface area contributed by atoms with Gasteiger partial charge in [0, 0.05) is 79.5 Å². The zero-order valence-corrected chi connectivity index (χ0v) is 22.4. The van der Waals surface area contributed by atoms with E-state index in [-0.39, 0.29) is 48.9 Å². The third-order valence-corrected chi connectivity index (χ3v) is 1.90. The number of rotatable bonds is 22. The first-order valence-electron chi connectivity index (χ1n) is 27.9. The van der Waals surface area contributed by atoms with Gasteiger partial charge in [-0.3, -0.25) is 9.59 Å². The summed E-state index contributed by atoms with van der Waals surface area (Å²) >= 11 is 0. The second-order valence-electron chi connectivity index (χ2n) is 4.06. The summed E-state index contributed by atoms with van der Waals surface area (Å²) in [6.45, 7) is 0. The third-order valence-electron chi connectivity index (χ3n) is 1.90. The predicted octanol–water partition coefficient (Wildman–Crippen LogP) is 3.24. The van der Waals surface area contributed by atoms with Gasteiger partial charge >= 0.3 is 60.8 Å². The van der Waals surface area contributed by atoms with Gasteiger partial charge in [-0.15, -0.1) is 0 Å².